The van der Waals surface area contributed by atoms with E-state index in [0.29, 0.717) is 6.54 Å². The average molecular weight is 781 g/mol. The number of nitrogens with zero attached hydrogens (tertiary/aromatic N) is 2. The molecule has 0 amide bonds. The monoisotopic (exact) mass is 780 g/mol. The number of hydrogen-bond donors (Lipinski definition) is 0. The van der Waals surface area contributed by atoms with Crippen molar-refractivity contribution in [3.05, 3.63) is 235 Å². The van der Waals surface area contributed by atoms with E-state index >= 15 is 0 Å². The molecule has 290 valence electrons. The van der Waals surface area contributed by atoms with Crippen molar-refractivity contribution in [2.24, 2.45) is 0 Å². The highest BCUT2D eigenvalue weighted by molar-refractivity contribution is 6.11. The van der Waals surface area contributed by atoms with Crippen LogP contribution in [0.25, 0.3) is 82.4 Å². The summed E-state index contributed by atoms with van der Waals surface area (Å²) < 4.78 is 2.49. The number of anilines is 2. The fourth-order valence-corrected chi connectivity index (χ4v) is 9.32. The molecule has 0 aliphatic heterocycles. The molecule has 0 aliphatic rings. The van der Waals surface area contributed by atoms with Crippen molar-refractivity contribution in [2.45, 2.75) is 20.4 Å². The highest BCUT2D eigenvalue weighted by Gasteiger charge is 2.21. The summed E-state index contributed by atoms with van der Waals surface area (Å²) >= 11 is 0. The third-order valence-corrected chi connectivity index (χ3v) is 12.4. The molecule has 0 spiro atoms. The molecule has 0 radical (unpaired) electrons. The fourth-order valence-electron chi connectivity index (χ4n) is 9.32. The fraction of sp³-hybridized carbons (Fsp3) is 0.0508. The minimum absolute atomic E-state index is 0.680. The summed E-state index contributed by atoms with van der Waals surface area (Å²) in [5, 5.41) is 7.42. The van der Waals surface area contributed by atoms with Crippen LogP contribution in [-0.4, -0.2) is 4.57 Å². The molecule has 11 rings (SSSR count). The van der Waals surface area contributed by atoms with E-state index in [0.717, 1.165) is 11.4 Å². The van der Waals surface area contributed by atoms with Gasteiger partial charge in [-0.25, -0.2) is 0 Å². The van der Waals surface area contributed by atoms with Crippen LogP contribution in [-0.2, 0) is 6.54 Å². The molecule has 1 heterocycles. The Morgan fingerprint density at radius 2 is 0.951 bits per heavy atom. The minimum Gasteiger partial charge on any atom is -0.336 e. The maximum atomic E-state index is 2.52. The van der Waals surface area contributed by atoms with Gasteiger partial charge >= 0.3 is 0 Å². The summed E-state index contributed by atoms with van der Waals surface area (Å²) in [5.74, 6) is 0. The molecule has 0 atom stereocenters. The van der Waals surface area contributed by atoms with Gasteiger partial charge in [0, 0.05) is 39.6 Å². The van der Waals surface area contributed by atoms with E-state index in [9.17, 15) is 0 Å². The summed E-state index contributed by atoms with van der Waals surface area (Å²) in [4.78, 5) is 2.52. The van der Waals surface area contributed by atoms with E-state index in [1.54, 1.807) is 0 Å². The van der Waals surface area contributed by atoms with Gasteiger partial charge in [-0.2, -0.15) is 0 Å². The third kappa shape index (κ3) is 6.54. The van der Waals surface area contributed by atoms with Gasteiger partial charge in [-0.3, -0.25) is 0 Å². The molecule has 2 nitrogen and oxygen atoms in total. The van der Waals surface area contributed by atoms with Gasteiger partial charge in [0.05, 0.1) is 16.7 Å². The molecule has 0 bridgehead atoms. The van der Waals surface area contributed by atoms with Crippen molar-refractivity contribution in [1.29, 1.82) is 0 Å². The first kappa shape index (κ1) is 36.4. The molecule has 0 saturated carbocycles. The number of benzene rings is 10. The van der Waals surface area contributed by atoms with Gasteiger partial charge in [0.25, 0.3) is 0 Å². The van der Waals surface area contributed by atoms with E-state index in [1.807, 2.05) is 0 Å². The zero-order valence-corrected chi connectivity index (χ0v) is 34.4. The summed E-state index contributed by atoms with van der Waals surface area (Å²) in [6.07, 6.45) is 0. The average Bonchev–Trinajstić information content (AvgIpc) is 3.64. The normalized spacial score (nSPS) is 11.5. The third-order valence-electron chi connectivity index (χ3n) is 12.4. The number of hydrogen-bond acceptors (Lipinski definition) is 1. The van der Waals surface area contributed by atoms with Crippen LogP contribution < -0.4 is 4.90 Å². The Bertz CT molecular complexity index is 3400. The first-order valence-corrected chi connectivity index (χ1v) is 21.2. The minimum atomic E-state index is 0.680. The number of rotatable bonds is 8. The lowest BCUT2D eigenvalue weighted by Gasteiger charge is -2.28. The van der Waals surface area contributed by atoms with Gasteiger partial charge in [0.15, 0.2) is 0 Å². The van der Waals surface area contributed by atoms with Crippen LogP contribution in [0.5, 0.6) is 0 Å². The molecule has 0 unspecified atom stereocenters. The Balaban J connectivity index is 1.14. The molecule has 1 aromatic heterocycles. The topological polar surface area (TPSA) is 8.17 Å². The van der Waals surface area contributed by atoms with Crippen molar-refractivity contribution in [3.8, 4) is 39.1 Å². The van der Waals surface area contributed by atoms with E-state index in [4.69, 9.17) is 0 Å². The summed E-state index contributed by atoms with van der Waals surface area (Å²) in [6.45, 7) is 4.98. The molecule has 0 N–H and O–H groups in total. The van der Waals surface area contributed by atoms with Crippen molar-refractivity contribution >= 4 is 54.7 Å². The van der Waals surface area contributed by atoms with Gasteiger partial charge < -0.3 is 9.47 Å². The number of para-hydroxylation sites is 1. The highest BCUT2D eigenvalue weighted by atomic mass is 15.1. The molecule has 2 heteroatoms. The SMILES string of the molecule is Cc1ccc(-c2ccc(-n3c4ccccc4c4ccc(N(Cc5ccccc5-c5cccc6ccccc56)c5cccc6ccccc56)cc43)c(-c3ccc(C)cc3)c2)cc1. The number of aromatic nitrogens is 1. The Labute approximate surface area is 357 Å². The maximum absolute atomic E-state index is 2.52. The Hall–Kier alpha value is -7.68. The zero-order valence-electron chi connectivity index (χ0n) is 34.4. The van der Waals surface area contributed by atoms with Crippen molar-refractivity contribution < 1.29 is 0 Å². The van der Waals surface area contributed by atoms with Gasteiger partial charge in [0.1, 0.15) is 0 Å². The van der Waals surface area contributed by atoms with Crippen molar-refractivity contribution in [2.75, 3.05) is 4.90 Å². The van der Waals surface area contributed by atoms with Crippen LogP contribution in [0.4, 0.5) is 11.4 Å². The quantitative estimate of drug-likeness (QED) is 0.149. The molecule has 0 fully saturated rings. The second kappa shape index (κ2) is 15.2. The van der Waals surface area contributed by atoms with Crippen molar-refractivity contribution in [1.82, 2.24) is 4.57 Å². The van der Waals surface area contributed by atoms with E-state index in [-0.39, 0.29) is 0 Å². The van der Waals surface area contributed by atoms with Crippen LogP contribution in [0, 0.1) is 13.8 Å². The first-order valence-electron chi connectivity index (χ1n) is 21.2. The number of aryl methyl sites for hydroxylation is 2. The Kier molecular flexibility index (Phi) is 9.05. The zero-order chi connectivity index (χ0) is 40.9. The molecular weight excluding hydrogens is 737 g/mol. The molecule has 11 aromatic rings. The predicted octanol–water partition coefficient (Wildman–Crippen LogP) is 16.0. The summed E-state index contributed by atoms with van der Waals surface area (Å²) in [6, 6.07) is 80.5. The molecular formula is C59H44N2. The van der Waals surface area contributed by atoms with Gasteiger partial charge in [-0.05, 0) is 99.8 Å². The van der Waals surface area contributed by atoms with Crippen LogP contribution in [0.15, 0.2) is 218 Å². The first-order chi connectivity index (χ1) is 30.1. The summed E-state index contributed by atoms with van der Waals surface area (Å²) in [5.41, 5.74) is 16.9. The molecule has 0 saturated heterocycles. The lowest BCUT2D eigenvalue weighted by Crippen LogP contribution is -2.17. The molecule has 61 heavy (non-hydrogen) atoms. The van der Waals surface area contributed by atoms with E-state index < -0.39 is 0 Å². The van der Waals surface area contributed by atoms with E-state index in [1.165, 1.54) is 99.1 Å². The van der Waals surface area contributed by atoms with Crippen LogP contribution in [0.2, 0.25) is 0 Å². The van der Waals surface area contributed by atoms with Crippen LogP contribution in [0.1, 0.15) is 16.7 Å². The summed E-state index contributed by atoms with van der Waals surface area (Å²) in [7, 11) is 0. The molecule has 0 aliphatic carbocycles. The molecule has 10 aromatic carbocycles. The van der Waals surface area contributed by atoms with Crippen LogP contribution in [0.3, 0.4) is 0 Å². The lowest BCUT2D eigenvalue weighted by atomic mass is 9.94. The second-order valence-corrected chi connectivity index (χ2v) is 16.3. The van der Waals surface area contributed by atoms with Gasteiger partial charge in [0.2, 0.25) is 0 Å². The van der Waals surface area contributed by atoms with Gasteiger partial charge in [-0.15, -0.1) is 0 Å². The standard InChI is InChI=1S/C59H44N2/c1-40-25-29-42(30-26-40)46-33-36-58(55(37-46)45-31-27-41(2)28-32-45)61-57-23-10-9-21-53(57)54-35-34-48(38-59(54)61)60(56-24-12-17-44-14-4-8-20-51(44)56)39-47-15-5-7-19-50(47)52-22-11-16-43-13-3-6-18-49(43)52/h3-38H,39H2,1-2H3. The Morgan fingerprint density at radius 3 is 1.74 bits per heavy atom. The predicted molar refractivity (Wildman–Crippen MR) is 260 cm³/mol. The number of fused-ring (bicyclic) bond motifs is 5. The van der Waals surface area contributed by atoms with E-state index in [2.05, 4.69) is 242 Å². The highest BCUT2D eigenvalue weighted by Crippen LogP contribution is 2.42. The lowest BCUT2D eigenvalue weighted by molar-refractivity contribution is 0.983. The van der Waals surface area contributed by atoms with Gasteiger partial charge in [-0.1, -0.05) is 193 Å². The van der Waals surface area contributed by atoms with Crippen LogP contribution >= 0.6 is 0 Å². The largest absolute Gasteiger partial charge is 0.336 e. The second-order valence-electron chi connectivity index (χ2n) is 16.3. The Morgan fingerprint density at radius 1 is 0.377 bits per heavy atom. The maximum Gasteiger partial charge on any atom is 0.0562 e. The smallest absolute Gasteiger partial charge is 0.0562 e. The van der Waals surface area contributed by atoms with Crippen molar-refractivity contribution in [3.63, 3.8) is 0 Å².